The number of anilines is 1. The quantitative estimate of drug-likeness (QED) is 0.684. The van der Waals surface area contributed by atoms with Gasteiger partial charge in [-0.1, -0.05) is 4.73 Å². The van der Waals surface area contributed by atoms with Gasteiger partial charge in [-0.15, -0.1) is 0 Å². The summed E-state index contributed by atoms with van der Waals surface area (Å²) in [6.07, 6.45) is 0.724. The van der Waals surface area contributed by atoms with E-state index in [1.54, 1.807) is 4.90 Å². The van der Waals surface area contributed by atoms with Crippen molar-refractivity contribution in [3.63, 3.8) is 0 Å². The monoisotopic (exact) mass is 322 g/mol. The first kappa shape index (κ1) is 14.1. The van der Waals surface area contributed by atoms with E-state index in [1.807, 2.05) is 0 Å². The molecule has 1 unspecified atom stereocenters. The van der Waals surface area contributed by atoms with Gasteiger partial charge in [0.1, 0.15) is 17.8 Å². The van der Waals surface area contributed by atoms with Gasteiger partial charge in [-0.3, -0.25) is 9.36 Å². The van der Waals surface area contributed by atoms with Crippen molar-refractivity contribution in [2.24, 2.45) is 5.73 Å². The van der Waals surface area contributed by atoms with Gasteiger partial charge in [0.25, 0.3) is 5.56 Å². The highest BCUT2D eigenvalue weighted by molar-refractivity contribution is 5.91. The Balaban J connectivity index is 2.10. The summed E-state index contributed by atoms with van der Waals surface area (Å²) in [5, 5.41) is 9.53. The number of nitrogens with zero attached hydrogens (tertiary/aromatic N) is 3. The molecule has 1 atom stereocenters. The maximum absolute atomic E-state index is 14.6. The molecular weight excluding hydrogens is 307 g/mol. The van der Waals surface area contributed by atoms with Gasteiger partial charge in [-0.2, -0.15) is 0 Å². The first-order valence-electron chi connectivity index (χ1n) is 7.33. The van der Waals surface area contributed by atoms with Gasteiger partial charge in [-0.25, -0.2) is 9.18 Å². The molecule has 1 saturated heterocycles. The highest BCUT2D eigenvalue weighted by Gasteiger charge is 2.30. The summed E-state index contributed by atoms with van der Waals surface area (Å²) in [7, 11) is 0. The van der Waals surface area contributed by atoms with Crippen molar-refractivity contribution in [3.8, 4) is 5.75 Å². The first-order chi connectivity index (χ1) is 11.0. The smallest absolute Gasteiger partial charge is 0.365 e. The van der Waals surface area contributed by atoms with Gasteiger partial charge in [-0.05, 0) is 12.5 Å². The van der Waals surface area contributed by atoms with Crippen LogP contribution in [0.1, 0.15) is 6.42 Å². The number of hydrogen-bond donors (Lipinski definition) is 2. The number of benzene rings is 1. The second-order valence-corrected chi connectivity index (χ2v) is 5.83. The molecule has 2 aromatic rings. The van der Waals surface area contributed by atoms with E-state index in [4.69, 9.17) is 10.5 Å². The maximum Gasteiger partial charge on any atom is 0.365 e. The maximum atomic E-state index is 14.6. The number of rotatable bonds is 1. The summed E-state index contributed by atoms with van der Waals surface area (Å²) >= 11 is 0. The number of aromatic nitrogens is 2. The van der Waals surface area contributed by atoms with Crippen LogP contribution in [0, 0.1) is 5.82 Å². The van der Waals surface area contributed by atoms with Crippen molar-refractivity contribution in [3.05, 3.63) is 32.7 Å². The Morgan fingerprint density at radius 3 is 2.83 bits per heavy atom. The Kier molecular flexibility index (Phi) is 2.89. The normalized spacial score (nSPS) is 20.1. The van der Waals surface area contributed by atoms with Gasteiger partial charge in [0.05, 0.1) is 11.9 Å². The molecule has 1 aromatic carbocycles. The molecule has 1 fully saturated rings. The third-order valence-electron chi connectivity index (χ3n) is 4.39. The number of ether oxygens (including phenoxy) is 1. The molecule has 3 heterocycles. The highest BCUT2D eigenvalue weighted by atomic mass is 19.1. The van der Waals surface area contributed by atoms with Gasteiger partial charge in [0, 0.05) is 19.1 Å². The van der Waals surface area contributed by atoms with E-state index in [1.165, 1.54) is 4.57 Å². The largest absolute Gasteiger partial charge is 0.487 e. The average Bonchev–Trinajstić information content (AvgIpc) is 2.96. The van der Waals surface area contributed by atoms with Crippen LogP contribution in [0.3, 0.4) is 0 Å². The molecule has 122 valence electrons. The minimum absolute atomic E-state index is 0.00230. The average molecular weight is 322 g/mol. The highest BCUT2D eigenvalue weighted by Crippen LogP contribution is 2.40. The number of hydrogen-bond acceptors (Lipinski definition) is 6. The molecule has 3 N–H and O–H groups in total. The van der Waals surface area contributed by atoms with Crippen molar-refractivity contribution in [1.29, 1.82) is 0 Å². The molecule has 0 spiro atoms. The van der Waals surface area contributed by atoms with E-state index in [9.17, 15) is 19.2 Å². The van der Waals surface area contributed by atoms with Gasteiger partial charge in [0.15, 0.2) is 11.6 Å². The lowest BCUT2D eigenvalue weighted by Crippen LogP contribution is -2.41. The van der Waals surface area contributed by atoms with Crippen molar-refractivity contribution in [2.75, 3.05) is 24.6 Å². The van der Waals surface area contributed by atoms with Crippen LogP contribution >= 0.6 is 0 Å². The molecule has 0 radical (unpaired) electrons. The zero-order valence-corrected chi connectivity index (χ0v) is 12.2. The van der Waals surface area contributed by atoms with E-state index in [2.05, 4.69) is 0 Å². The van der Waals surface area contributed by atoms with Gasteiger partial charge >= 0.3 is 5.69 Å². The fourth-order valence-electron chi connectivity index (χ4n) is 3.32. The Labute approximate surface area is 129 Å². The second kappa shape index (κ2) is 4.72. The van der Waals surface area contributed by atoms with E-state index < -0.39 is 17.1 Å². The molecule has 0 amide bonds. The third-order valence-corrected chi connectivity index (χ3v) is 4.39. The molecule has 8 nitrogen and oxygen atoms in total. The molecule has 0 saturated carbocycles. The van der Waals surface area contributed by atoms with E-state index in [0.717, 1.165) is 12.5 Å². The molecule has 2 aliphatic heterocycles. The van der Waals surface area contributed by atoms with Crippen molar-refractivity contribution < 1.29 is 14.3 Å². The Bertz CT molecular complexity index is 935. The summed E-state index contributed by atoms with van der Waals surface area (Å²) in [5.41, 5.74) is 4.49. The lowest BCUT2D eigenvalue weighted by Gasteiger charge is -2.27. The third kappa shape index (κ3) is 1.86. The van der Waals surface area contributed by atoms with Crippen molar-refractivity contribution in [2.45, 2.75) is 19.0 Å². The lowest BCUT2D eigenvalue weighted by molar-refractivity contribution is 0.153. The fourth-order valence-corrected chi connectivity index (χ4v) is 3.32. The predicted octanol–water partition coefficient (Wildman–Crippen LogP) is -0.531. The summed E-state index contributed by atoms with van der Waals surface area (Å²) < 4.78 is 21.5. The van der Waals surface area contributed by atoms with Crippen LogP contribution in [0.15, 0.2) is 15.7 Å². The molecule has 9 heteroatoms. The number of halogens is 1. The van der Waals surface area contributed by atoms with Crippen LogP contribution in [-0.2, 0) is 6.54 Å². The minimum atomic E-state index is -0.962. The molecule has 2 aliphatic rings. The summed E-state index contributed by atoms with van der Waals surface area (Å²) in [6, 6.07) is 0.978. The second-order valence-electron chi connectivity index (χ2n) is 5.83. The summed E-state index contributed by atoms with van der Waals surface area (Å²) in [5.74, 6) is -0.471. The molecule has 0 aliphatic carbocycles. The molecule has 1 aromatic heterocycles. The number of nitrogens with two attached hydrogens (primary N) is 1. The predicted molar refractivity (Wildman–Crippen MR) is 79.9 cm³/mol. The van der Waals surface area contributed by atoms with Crippen LogP contribution in [0.2, 0.25) is 0 Å². The zero-order chi connectivity index (χ0) is 16.3. The van der Waals surface area contributed by atoms with Crippen LogP contribution in [0.25, 0.3) is 10.9 Å². The molecule has 0 bridgehead atoms. The van der Waals surface area contributed by atoms with Crippen LogP contribution in [0.5, 0.6) is 5.75 Å². The van der Waals surface area contributed by atoms with Crippen LogP contribution in [0.4, 0.5) is 10.1 Å². The Morgan fingerprint density at radius 2 is 2.13 bits per heavy atom. The minimum Gasteiger partial charge on any atom is -0.487 e. The lowest BCUT2D eigenvalue weighted by atomic mass is 10.1. The van der Waals surface area contributed by atoms with Crippen LogP contribution < -0.4 is 26.6 Å². The SMILES string of the molecule is NC1CCN(c2c(F)cc3c(=O)n(O)c(=O)n4c3c2OCC4)C1. The summed E-state index contributed by atoms with van der Waals surface area (Å²) in [4.78, 5) is 25.9. The first-order valence-corrected chi connectivity index (χ1v) is 7.33. The summed E-state index contributed by atoms with van der Waals surface area (Å²) in [6.45, 7) is 1.37. The van der Waals surface area contributed by atoms with Gasteiger partial charge in [0.2, 0.25) is 0 Å². The van der Waals surface area contributed by atoms with E-state index >= 15 is 0 Å². The van der Waals surface area contributed by atoms with Crippen molar-refractivity contribution in [1.82, 2.24) is 9.30 Å². The topological polar surface area (TPSA) is 103 Å². The van der Waals surface area contributed by atoms with E-state index in [0.29, 0.717) is 13.1 Å². The Hall–Kier alpha value is -2.55. The molecular formula is C14H15FN4O4. The van der Waals surface area contributed by atoms with E-state index in [-0.39, 0.29) is 46.3 Å². The Morgan fingerprint density at radius 1 is 1.35 bits per heavy atom. The van der Waals surface area contributed by atoms with Gasteiger partial charge < -0.3 is 20.6 Å². The molecule has 4 rings (SSSR count). The zero-order valence-electron chi connectivity index (χ0n) is 12.2. The van der Waals surface area contributed by atoms with Crippen LogP contribution in [-0.4, -0.2) is 40.2 Å². The standard InChI is InChI=1S/C14H15FN4O4/c15-9-5-8-10-12(11(9)17-2-1-7(16)6-17)23-4-3-18(10)14(21)19(22)13(8)20/h5,7,22H,1-4,6,16H2. The fraction of sp³-hybridized carbons (Fsp3) is 0.429. The molecule has 23 heavy (non-hydrogen) atoms. The van der Waals surface area contributed by atoms with Crippen molar-refractivity contribution >= 4 is 16.6 Å².